The molecule has 1 N–H and O–H groups in total. The van der Waals surface area contributed by atoms with Gasteiger partial charge in [0.05, 0.1) is 13.2 Å². The third kappa shape index (κ3) is 2.47. The lowest BCUT2D eigenvalue weighted by Crippen LogP contribution is -2.46. The van der Waals surface area contributed by atoms with Crippen LogP contribution in [0.1, 0.15) is 39.5 Å². The summed E-state index contributed by atoms with van der Waals surface area (Å²) in [7, 11) is 0. The molecule has 0 aromatic rings. The number of hydrogen-bond acceptors (Lipinski definition) is 3. The summed E-state index contributed by atoms with van der Waals surface area (Å²) in [6.07, 6.45) is 4.45. The van der Waals surface area contributed by atoms with E-state index in [2.05, 4.69) is 18.7 Å². The molecule has 1 aliphatic rings. The summed E-state index contributed by atoms with van der Waals surface area (Å²) in [6, 6.07) is 0. The minimum Gasteiger partial charge on any atom is -0.395 e. The van der Waals surface area contributed by atoms with Crippen LogP contribution < -0.4 is 0 Å². The fourth-order valence-electron chi connectivity index (χ4n) is 2.44. The summed E-state index contributed by atoms with van der Waals surface area (Å²) < 4.78 is 5.90. The number of aliphatic hydroxyl groups excluding tert-OH is 1. The van der Waals surface area contributed by atoms with Gasteiger partial charge in [-0.05, 0) is 12.8 Å². The summed E-state index contributed by atoms with van der Waals surface area (Å²) in [5, 5.41) is 9.00. The van der Waals surface area contributed by atoms with E-state index in [1.807, 2.05) is 0 Å². The maximum absolute atomic E-state index is 9.00. The molecule has 0 amide bonds. The van der Waals surface area contributed by atoms with Gasteiger partial charge in [-0.15, -0.1) is 0 Å². The Balaban J connectivity index is 2.61. The zero-order valence-electron chi connectivity index (χ0n) is 9.46. The minimum absolute atomic E-state index is 0.0633. The fourth-order valence-corrected chi connectivity index (χ4v) is 2.44. The van der Waals surface area contributed by atoms with Crippen LogP contribution in [0.25, 0.3) is 0 Å². The monoisotopic (exact) mass is 201 g/mol. The summed E-state index contributed by atoms with van der Waals surface area (Å²) in [5.74, 6) is 0. The number of nitrogens with zero attached hydrogens (tertiary/aromatic N) is 1. The molecule has 0 spiro atoms. The van der Waals surface area contributed by atoms with Gasteiger partial charge in [0, 0.05) is 13.1 Å². The van der Waals surface area contributed by atoms with Gasteiger partial charge >= 0.3 is 0 Å². The van der Waals surface area contributed by atoms with Crippen LogP contribution in [0.5, 0.6) is 0 Å². The summed E-state index contributed by atoms with van der Waals surface area (Å²) >= 11 is 0. The highest BCUT2D eigenvalue weighted by Gasteiger charge is 2.39. The zero-order valence-corrected chi connectivity index (χ0v) is 9.46. The van der Waals surface area contributed by atoms with Crippen LogP contribution in [0.4, 0.5) is 0 Å². The van der Waals surface area contributed by atoms with Crippen LogP contribution >= 0.6 is 0 Å². The predicted octanol–water partition coefficient (Wildman–Crippen LogP) is 1.61. The number of β-amino-alcohol motifs (C(OH)–C–C–N with tert-alkyl or cyclic N) is 1. The van der Waals surface area contributed by atoms with Gasteiger partial charge in [0.15, 0.2) is 0 Å². The van der Waals surface area contributed by atoms with Crippen molar-refractivity contribution >= 4 is 0 Å². The highest BCUT2D eigenvalue weighted by Crippen LogP contribution is 2.32. The average molecular weight is 201 g/mol. The van der Waals surface area contributed by atoms with Gasteiger partial charge in [0.2, 0.25) is 0 Å². The van der Waals surface area contributed by atoms with Crippen LogP contribution in [-0.2, 0) is 4.74 Å². The predicted molar refractivity (Wildman–Crippen MR) is 57.2 cm³/mol. The molecule has 1 rings (SSSR count). The Labute approximate surface area is 87.1 Å². The number of ether oxygens (including phenoxy) is 1. The molecule has 3 heteroatoms. The van der Waals surface area contributed by atoms with Gasteiger partial charge < -0.3 is 9.84 Å². The molecule has 14 heavy (non-hydrogen) atoms. The number of rotatable bonds is 6. The van der Waals surface area contributed by atoms with E-state index in [0.717, 1.165) is 45.4 Å². The summed E-state index contributed by atoms with van der Waals surface area (Å²) in [4.78, 5) is 2.31. The van der Waals surface area contributed by atoms with Crippen LogP contribution in [-0.4, -0.2) is 42.0 Å². The summed E-state index contributed by atoms with van der Waals surface area (Å²) in [6.45, 7) is 7.16. The Morgan fingerprint density at radius 3 is 2.43 bits per heavy atom. The van der Waals surface area contributed by atoms with E-state index in [4.69, 9.17) is 9.84 Å². The van der Waals surface area contributed by atoms with Crippen molar-refractivity contribution in [2.75, 3.05) is 26.3 Å². The van der Waals surface area contributed by atoms with E-state index >= 15 is 0 Å². The first-order chi connectivity index (χ1) is 6.79. The molecule has 0 saturated carbocycles. The van der Waals surface area contributed by atoms with Crippen molar-refractivity contribution in [3.8, 4) is 0 Å². The molecule has 1 fully saturated rings. The lowest BCUT2D eigenvalue weighted by molar-refractivity contribution is -0.0983. The van der Waals surface area contributed by atoms with Crippen molar-refractivity contribution in [3.63, 3.8) is 0 Å². The van der Waals surface area contributed by atoms with Gasteiger partial charge in [-0.2, -0.15) is 0 Å². The van der Waals surface area contributed by atoms with Crippen LogP contribution in [0.2, 0.25) is 0 Å². The fraction of sp³-hybridized carbons (Fsp3) is 1.00. The molecule has 1 saturated heterocycles. The first kappa shape index (κ1) is 12.0. The van der Waals surface area contributed by atoms with E-state index in [-0.39, 0.29) is 12.3 Å². The second-order valence-electron chi connectivity index (χ2n) is 4.01. The standard InChI is InChI=1S/C11H23NO2/c1-3-5-11(6-4-2)12(7-9-13)8-10-14-11/h13H,3-10H2,1-2H3. The maximum Gasteiger partial charge on any atom is 0.121 e. The smallest absolute Gasteiger partial charge is 0.121 e. The van der Waals surface area contributed by atoms with E-state index in [1.54, 1.807) is 0 Å². The molecule has 0 aliphatic carbocycles. The maximum atomic E-state index is 9.00. The Morgan fingerprint density at radius 2 is 1.93 bits per heavy atom. The van der Waals surface area contributed by atoms with Crippen molar-refractivity contribution in [1.29, 1.82) is 0 Å². The van der Waals surface area contributed by atoms with Crippen molar-refractivity contribution in [2.45, 2.75) is 45.3 Å². The molecule has 0 aromatic carbocycles. The SMILES string of the molecule is CCCC1(CCC)OCCN1CCO. The topological polar surface area (TPSA) is 32.7 Å². The largest absolute Gasteiger partial charge is 0.395 e. The Morgan fingerprint density at radius 1 is 1.29 bits per heavy atom. The van der Waals surface area contributed by atoms with E-state index in [9.17, 15) is 0 Å². The van der Waals surface area contributed by atoms with Crippen LogP contribution in [0.15, 0.2) is 0 Å². The lowest BCUT2D eigenvalue weighted by atomic mass is 10.0. The second kappa shape index (κ2) is 5.69. The van der Waals surface area contributed by atoms with Gasteiger partial charge in [0.25, 0.3) is 0 Å². The Kier molecular flexibility index (Phi) is 4.85. The van der Waals surface area contributed by atoms with Gasteiger partial charge in [0.1, 0.15) is 5.72 Å². The molecule has 1 aliphatic heterocycles. The molecule has 84 valence electrons. The third-order valence-electron chi connectivity index (χ3n) is 2.96. The first-order valence-corrected chi connectivity index (χ1v) is 5.79. The Bertz CT molecular complexity index is 155. The number of hydrogen-bond donors (Lipinski definition) is 1. The molecule has 0 unspecified atom stereocenters. The Hall–Kier alpha value is -0.120. The quantitative estimate of drug-likeness (QED) is 0.708. The molecular formula is C11H23NO2. The average Bonchev–Trinajstić information content (AvgIpc) is 2.51. The molecule has 3 nitrogen and oxygen atoms in total. The molecule has 0 atom stereocenters. The van der Waals surface area contributed by atoms with Crippen molar-refractivity contribution in [3.05, 3.63) is 0 Å². The highest BCUT2D eigenvalue weighted by atomic mass is 16.5. The van der Waals surface area contributed by atoms with Crippen molar-refractivity contribution in [2.24, 2.45) is 0 Å². The molecular weight excluding hydrogens is 178 g/mol. The van der Waals surface area contributed by atoms with Gasteiger partial charge in [-0.25, -0.2) is 0 Å². The van der Waals surface area contributed by atoms with E-state index in [0.29, 0.717) is 0 Å². The van der Waals surface area contributed by atoms with Gasteiger partial charge in [-0.3, -0.25) is 4.90 Å². The van der Waals surface area contributed by atoms with E-state index < -0.39 is 0 Å². The molecule has 0 radical (unpaired) electrons. The zero-order chi connectivity index (χ0) is 10.4. The van der Waals surface area contributed by atoms with Crippen LogP contribution in [0.3, 0.4) is 0 Å². The second-order valence-corrected chi connectivity index (χ2v) is 4.01. The molecule has 0 bridgehead atoms. The number of aliphatic hydroxyl groups is 1. The third-order valence-corrected chi connectivity index (χ3v) is 2.96. The van der Waals surface area contributed by atoms with Gasteiger partial charge in [-0.1, -0.05) is 26.7 Å². The van der Waals surface area contributed by atoms with E-state index in [1.165, 1.54) is 0 Å². The molecule has 0 aromatic heterocycles. The summed E-state index contributed by atoms with van der Waals surface area (Å²) in [5.41, 5.74) is -0.0633. The van der Waals surface area contributed by atoms with Crippen molar-refractivity contribution < 1.29 is 9.84 Å². The highest BCUT2D eigenvalue weighted by molar-refractivity contribution is 4.85. The first-order valence-electron chi connectivity index (χ1n) is 5.79. The van der Waals surface area contributed by atoms with Crippen molar-refractivity contribution in [1.82, 2.24) is 4.90 Å². The lowest BCUT2D eigenvalue weighted by Gasteiger charge is -2.36. The van der Waals surface area contributed by atoms with Crippen LogP contribution in [0, 0.1) is 0 Å². The minimum atomic E-state index is -0.0633. The molecule has 1 heterocycles. The normalized spacial score (nSPS) is 21.6.